The molecular formula is C18H13F3N2O3S. The van der Waals surface area contributed by atoms with E-state index < -0.39 is 30.2 Å². The average molecular weight is 394 g/mol. The van der Waals surface area contributed by atoms with E-state index in [4.69, 9.17) is 10.00 Å². The molecule has 0 aliphatic heterocycles. The highest BCUT2D eigenvalue weighted by Gasteiger charge is 2.30. The van der Waals surface area contributed by atoms with Crippen LogP contribution in [-0.2, 0) is 15.7 Å². The molecule has 27 heavy (non-hydrogen) atoms. The number of thioether (sulfide) groups is 1. The number of alkyl halides is 3. The van der Waals surface area contributed by atoms with Crippen LogP contribution in [0.25, 0.3) is 0 Å². The monoisotopic (exact) mass is 394 g/mol. The van der Waals surface area contributed by atoms with Crippen LogP contribution in [0.4, 0.5) is 18.9 Å². The van der Waals surface area contributed by atoms with Crippen LogP contribution in [0.1, 0.15) is 21.5 Å². The highest BCUT2D eigenvalue weighted by Crippen LogP contribution is 2.29. The Morgan fingerprint density at radius 1 is 1.19 bits per heavy atom. The lowest BCUT2D eigenvalue weighted by atomic mass is 10.1. The van der Waals surface area contributed by atoms with Crippen molar-refractivity contribution < 1.29 is 27.5 Å². The summed E-state index contributed by atoms with van der Waals surface area (Å²) in [4.78, 5) is 24.5. The second-order valence-electron chi connectivity index (χ2n) is 5.37. The molecule has 9 heteroatoms. The van der Waals surface area contributed by atoms with E-state index in [1.54, 1.807) is 25.1 Å². The number of rotatable bonds is 5. The fraction of sp³-hybridized carbons (Fsp3) is 0.167. The molecule has 2 aromatic carbocycles. The molecule has 0 fully saturated rings. The third kappa shape index (κ3) is 5.76. The lowest BCUT2D eigenvalue weighted by Gasteiger charge is -2.10. The smallest absolute Gasteiger partial charge is 0.416 e. The number of hydrogen-bond acceptors (Lipinski definition) is 5. The molecule has 0 saturated carbocycles. The van der Waals surface area contributed by atoms with Crippen LogP contribution in [0.15, 0.2) is 47.4 Å². The van der Waals surface area contributed by atoms with E-state index >= 15 is 0 Å². The van der Waals surface area contributed by atoms with Crippen molar-refractivity contribution in [3.63, 3.8) is 0 Å². The number of nitriles is 1. The summed E-state index contributed by atoms with van der Waals surface area (Å²) in [7, 11) is 0. The summed E-state index contributed by atoms with van der Waals surface area (Å²) in [5, 5.41) is 13.1. The van der Waals surface area contributed by atoms with Gasteiger partial charge in [-0.1, -0.05) is 0 Å². The van der Waals surface area contributed by atoms with Gasteiger partial charge in [-0.2, -0.15) is 18.4 Å². The van der Waals surface area contributed by atoms with Crippen molar-refractivity contribution in [1.29, 1.82) is 5.26 Å². The highest BCUT2D eigenvalue weighted by molar-refractivity contribution is 8.03. The van der Waals surface area contributed by atoms with Gasteiger partial charge in [0.05, 0.1) is 11.1 Å². The number of carbonyl (C=O) groups excluding carboxylic acids is 2. The van der Waals surface area contributed by atoms with Crippen molar-refractivity contribution in [2.24, 2.45) is 0 Å². The minimum absolute atomic E-state index is 0.0927. The summed E-state index contributed by atoms with van der Waals surface area (Å²) >= 11 is 0.984. The number of ether oxygens (including phenoxy) is 1. The first kappa shape index (κ1) is 20.3. The van der Waals surface area contributed by atoms with E-state index in [0.717, 1.165) is 46.5 Å². The third-order valence-electron chi connectivity index (χ3n) is 3.42. The second kappa shape index (κ2) is 8.60. The maximum absolute atomic E-state index is 12.5. The lowest BCUT2D eigenvalue weighted by Crippen LogP contribution is -2.21. The number of aryl methyl sites for hydroxylation is 1. The van der Waals surface area contributed by atoms with Gasteiger partial charge in [0.1, 0.15) is 5.40 Å². The van der Waals surface area contributed by atoms with E-state index in [2.05, 4.69) is 5.32 Å². The molecule has 1 N–H and O–H groups in total. The number of nitrogens with zero attached hydrogens (tertiary/aromatic N) is 1. The van der Waals surface area contributed by atoms with Gasteiger partial charge in [-0.05, 0) is 66.7 Å². The average Bonchev–Trinajstić information content (AvgIpc) is 2.61. The Balaban J connectivity index is 1.92. The van der Waals surface area contributed by atoms with Crippen LogP contribution in [0.5, 0.6) is 0 Å². The fourth-order valence-electron chi connectivity index (χ4n) is 2.09. The van der Waals surface area contributed by atoms with Gasteiger partial charge in [0, 0.05) is 10.6 Å². The van der Waals surface area contributed by atoms with Gasteiger partial charge in [-0.3, -0.25) is 4.79 Å². The molecule has 0 aromatic heterocycles. The first-order valence-corrected chi connectivity index (χ1v) is 8.33. The number of thiocyanates is 1. The Morgan fingerprint density at radius 2 is 1.85 bits per heavy atom. The van der Waals surface area contributed by atoms with E-state index in [1.807, 2.05) is 5.40 Å². The molecule has 0 aliphatic rings. The molecule has 0 spiro atoms. The Kier molecular flexibility index (Phi) is 6.47. The fourth-order valence-corrected chi connectivity index (χ4v) is 2.57. The maximum Gasteiger partial charge on any atom is 0.416 e. The van der Waals surface area contributed by atoms with Crippen LogP contribution < -0.4 is 5.32 Å². The first-order chi connectivity index (χ1) is 12.7. The number of benzene rings is 2. The molecule has 0 aliphatic carbocycles. The number of esters is 1. The van der Waals surface area contributed by atoms with Gasteiger partial charge in [0.15, 0.2) is 6.61 Å². The summed E-state index contributed by atoms with van der Waals surface area (Å²) < 4.78 is 42.3. The largest absolute Gasteiger partial charge is 0.452 e. The standard InChI is InChI=1S/C18H13F3N2O3S/c1-11-8-14(27-10-22)6-7-15(11)23-16(24)9-26-17(25)12-2-4-13(5-3-12)18(19,20)21/h2-8H,9H2,1H3,(H,23,24). The molecule has 5 nitrogen and oxygen atoms in total. The molecule has 0 unspecified atom stereocenters. The topological polar surface area (TPSA) is 79.2 Å². The SMILES string of the molecule is Cc1cc(SC#N)ccc1NC(=O)COC(=O)c1ccc(C(F)(F)F)cc1. The third-order valence-corrected chi connectivity index (χ3v) is 4.00. The van der Waals surface area contributed by atoms with Crippen LogP contribution in [0, 0.1) is 17.6 Å². The second-order valence-corrected chi connectivity index (χ2v) is 6.23. The van der Waals surface area contributed by atoms with Gasteiger partial charge in [0.25, 0.3) is 5.91 Å². The van der Waals surface area contributed by atoms with E-state index in [1.165, 1.54) is 0 Å². The molecule has 0 atom stereocenters. The van der Waals surface area contributed by atoms with Crippen molar-refractivity contribution >= 4 is 29.3 Å². The zero-order chi connectivity index (χ0) is 20.0. The Morgan fingerprint density at radius 3 is 2.41 bits per heavy atom. The Labute approximate surface area is 157 Å². The highest BCUT2D eigenvalue weighted by atomic mass is 32.2. The molecule has 0 bridgehead atoms. The zero-order valence-corrected chi connectivity index (χ0v) is 14.8. The predicted molar refractivity (Wildman–Crippen MR) is 93.0 cm³/mol. The maximum atomic E-state index is 12.5. The quantitative estimate of drug-likeness (QED) is 0.462. The summed E-state index contributed by atoms with van der Waals surface area (Å²) in [5.74, 6) is -1.50. The zero-order valence-electron chi connectivity index (χ0n) is 14.0. The molecule has 0 saturated heterocycles. The summed E-state index contributed by atoms with van der Waals surface area (Å²) in [6.45, 7) is 1.15. The summed E-state index contributed by atoms with van der Waals surface area (Å²) in [5.41, 5.74) is 0.237. The number of amides is 1. The minimum atomic E-state index is -4.50. The van der Waals surface area contributed by atoms with E-state index in [-0.39, 0.29) is 5.56 Å². The van der Waals surface area contributed by atoms with Gasteiger partial charge in [-0.15, -0.1) is 0 Å². The van der Waals surface area contributed by atoms with Crippen molar-refractivity contribution in [2.45, 2.75) is 18.0 Å². The van der Waals surface area contributed by atoms with Crippen LogP contribution in [0.2, 0.25) is 0 Å². The number of hydrogen-bond donors (Lipinski definition) is 1. The lowest BCUT2D eigenvalue weighted by molar-refractivity contribution is -0.137. The normalized spacial score (nSPS) is 10.8. The predicted octanol–water partition coefficient (Wildman–Crippen LogP) is 4.38. The molecular weight excluding hydrogens is 381 g/mol. The van der Waals surface area contributed by atoms with Gasteiger partial charge in [0.2, 0.25) is 0 Å². The van der Waals surface area contributed by atoms with Crippen LogP contribution in [-0.4, -0.2) is 18.5 Å². The van der Waals surface area contributed by atoms with Crippen molar-refractivity contribution in [3.8, 4) is 5.40 Å². The number of nitrogens with one attached hydrogen (secondary N) is 1. The van der Waals surface area contributed by atoms with E-state index in [9.17, 15) is 22.8 Å². The van der Waals surface area contributed by atoms with Gasteiger partial charge < -0.3 is 10.1 Å². The Hall–Kier alpha value is -2.99. The molecule has 1 amide bonds. The van der Waals surface area contributed by atoms with Crippen molar-refractivity contribution in [3.05, 3.63) is 59.2 Å². The first-order valence-electron chi connectivity index (χ1n) is 7.51. The number of halogens is 3. The van der Waals surface area contributed by atoms with Gasteiger partial charge in [-0.25, -0.2) is 4.79 Å². The van der Waals surface area contributed by atoms with Crippen molar-refractivity contribution in [2.75, 3.05) is 11.9 Å². The summed E-state index contributed by atoms with van der Waals surface area (Å²) in [6.07, 6.45) is -4.50. The van der Waals surface area contributed by atoms with E-state index in [0.29, 0.717) is 5.69 Å². The van der Waals surface area contributed by atoms with Crippen LogP contribution >= 0.6 is 11.8 Å². The minimum Gasteiger partial charge on any atom is -0.452 e. The van der Waals surface area contributed by atoms with Gasteiger partial charge >= 0.3 is 12.1 Å². The Bertz CT molecular complexity index is 890. The van der Waals surface area contributed by atoms with Crippen LogP contribution in [0.3, 0.4) is 0 Å². The molecule has 2 rings (SSSR count). The molecule has 140 valence electrons. The number of anilines is 1. The molecule has 0 heterocycles. The molecule has 0 radical (unpaired) electrons. The molecule has 2 aromatic rings. The number of carbonyl (C=O) groups is 2. The van der Waals surface area contributed by atoms with Crippen molar-refractivity contribution in [1.82, 2.24) is 0 Å². The summed E-state index contributed by atoms with van der Waals surface area (Å²) in [6, 6.07) is 8.49.